The van der Waals surface area contributed by atoms with E-state index < -0.39 is 17.5 Å². The summed E-state index contributed by atoms with van der Waals surface area (Å²) in [6.45, 7) is 2.97. The molecule has 2 N–H and O–H groups in total. The molecule has 0 bridgehead atoms. The summed E-state index contributed by atoms with van der Waals surface area (Å²) in [6.07, 6.45) is 4.15. The number of carboxylic acids is 2. The summed E-state index contributed by atoms with van der Waals surface area (Å²) in [5.74, 6) is -3.40. The summed E-state index contributed by atoms with van der Waals surface area (Å²) in [5, 5.41) is 18.6. The molecular weight excluding hydrogens is 395 g/mol. The van der Waals surface area contributed by atoms with E-state index in [0.717, 1.165) is 24.5 Å². The van der Waals surface area contributed by atoms with Gasteiger partial charge in [0.1, 0.15) is 10.8 Å². The Morgan fingerprint density at radius 2 is 1.89 bits per heavy atom. The quantitative estimate of drug-likeness (QED) is 0.708. The van der Waals surface area contributed by atoms with Gasteiger partial charge in [-0.3, -0.25) is 4.79 Å². The fourth-order valence-electron chi connectivity index (χ4n) is 3.82. The predicted molar refractivity (Wildman–Crippen MR) is 99.4 cm³/mol. The largest absolute Gasteiger partial charge is 0.478 e. The molecule has 27 heavy (non-hydrogen) atoms. The van der Waals surface area contributed by atoms with Crippen molar-refractivity contribution in [2.45, 2.75) is 45.1 Å². The Balaban J connectivity index is 2.14. The molecule has 0 fully saturated rings. The number of benzene rings is 1. The lowest BCUT2D eigenvalue weighted by molar-refractivity contribution is -0.170. The van der Waals surface area contributed by atoms with Gasteiger partial charge in [-0.25, -0.2) is 9.59 Å². The van der Waals surface area contributed by atoms with E-state index >= 15 is 0 Å². The molecule has 0 radical (unpaired) electrons. The first-order valence-corrected chi connectivity index (χ1v) is 9.23. The van der Waals surface area contributed by atoms with Gasteiger partial charge in [-0.1, -0.05) is 30.1 Å². The van der Waals surface area contributed by atoms with Gasteiger partial charge >= 0.3 is 11.9 Å². The second-order valence-electron chi connectivity index (χ2n) is 7.12. The molecule has 1 atom stereocenters. The van der Waals surface area contributed by atoms with Crippen LogP contribution in [-0.4, -0.2) is 33.5 Å². The number of fused-ring (bicyclic) bond motifs is 3. The van der Waals surface area contributed by atoms with Crippen molar-refractivity contribution in [2.75, 3.05) is 0 Å². The van der Waals surface area contributed by atoms with E-state index in [1.807, 2.05) is 6.92 Å². The molecule has 2 aliphatic carbocycles. The van der Waals surface area contributed by atoms with Gasteiger partial charge in [0.25, 0.3) is 5.60 Å². The van der Waals surface area contributed by atoms with Gasteiger partial charge in [-0.15, -0.1) is 0 Å². The molecule has 144 valence electrons. The predicted octanol–water partition coefficient (Wildman–Crippen LogP) is 4.00. The monoisotopic (exact) mass is 412 g/mol. The molecule has 1 unspecified atom stereocenters. The molecule has 2 aliphatic rings. The van der Waals surface area contributed by atoms with Crippen LogP contribution in [0.15, 0.2) is 12.1 Å². The zero-order chi connectivity index (χ0) is 20.1. The molecule has 0 aromatic heterocycles. The van der Waals surface area contributed by atoms with Crippen LogP contribution < -0.4 is 4.74 Å². The lowest BCUT2D eigenvalue weighted by atomic mass is 9.71. The normalized spacial score (nSPS) is 21.3. The van der Waals surface area contributed by atoms with Gasteiger partial charge in [0, 0.05) is 17.4 Å². The second kappa shape index (κ2) is 6.53. The molecule has 0 amide bonds. The summed E-state index contributed by atoms with van der Waals surface area (Å²) in [7, 11) is 0. The SMILES string of the molecule is CCC12CCC(=O)C=C1c1c(cc(OC(C)(C(=O)O)C(=O)O)c(Cl)c1Cl)C2. The van der Waals surface area contributed by atoms with Gasteiger partial charge in [0.15, 0.2) is 5.78 Å². The molecular formula is C19H18Cl2O6. The van der Waals surface area contributed by atoms with Crippen LogP contribution in [0.2, 0.25) is 10.0 Å². The van der Waals surface area contributed by atoms with Crippen LogP contribution >= 0.6 is 23.2 Å². The topological polar surface area (TPSA) is 101 Å². The average molecular weight is 413 g/mol. The van der Waals surface area contributed by atoms with Crippen LogP contribution in [0.4, 0.5) is 0 Å². The van der Waals surface area contributed by atoms with Crippen LogP contribution in [0, 0.1) is 5.41 Å². The maximum atomic E-state index is 12.0. The number of carbonyl (C=O) groups excluding carboxylic acids is 1. The molecule has 1 aromatic rings. The summed E-state index contributed by atoms with van der Waals surface area (Å²) < 4.78 is 5.30. The smallest absolute Gasteiger partial charge is 0.359 e. The molecule has 0 saturated carbocycles. The number of hydrogen-bond acceptors (Lipinski definition) is 4. The van der Waals surface area contributed by atoms with Gasteiger partial charge in [0.2, 0.25) is 0 Å². The molecule has 8 heteroatoms. The Labute approximate surface area is 165 Å². The van der Waals surface area contributed by atoms with E-state index in [9.17, 15) is 24.6 Å². The molecule has 0 spiro atoms. The van der Waals surface area contributed by atoms with Gasteiger partial charge < -0.3 is 14.9 Å². The van der Waals surface area contributed by atoms with E-state index in [1.54, 1.807) is 6.08 Å². The van der Waals surface area contributed by atoms with Crippen molar-refractivity contribution < 1.29 is 29.3 Å². The summed E-state index contributed by atoms with van der Waals surface area (Å²) in [5.41, 5.74) is -0.472. The Morgan fingerprint density at radius 1 is 1.26 bits per heavy atom. The Morgan fingerprint density at radius 3 is 2.44 bits per heavy atom. The first-order valence-electron chi connectivity index (χ1n) is 8.48. The van der Waals surface area contributed by atoms with E-state index in [2.05, 4.69) is 0 Å². The maximum absolute atomic E-state index is 12.0. The number of ketones is 1. The average Bonchev–Trinajstić information content (AvgIpc) is 2.93. The van der Waals surface area contributed by atoms with E-state index in [4.69, 9.17) is 27.9 Å². The number of carbonyl (C=O) groups is 3. The lowest BCUT2D eigenvalue weighted by Crippen LogP contribution is -2.49. The number of aliphatic carboxylic acids is 2. The third-order valence-electron chi connectivity index (χ3n) is 5.59. The number of carboxylic acid groups (broad SMARTS) is 2. The highest BCUT2D eigenvalue weighted by molar-refractivity contribution is 6.44. The van der Waals surface area contributed by atoms with Crippen molar-refractivity contribution in [3.05, 3.63) is 33.3 Å². The fraction of sp³-hybridized carbons (Fsp3) is 0.421. The molecule has 3 rings (SSSR count). The van der Waals surface area contributed by atoms with Crippen molar-refractivity contribution in [1.82, 2.24) is 0 Å². The molecule has 0 aliphatic heterocycles. The minimum atomic E-state index is -2.51. The van der Waals surface area contributed by atoms with Crippen molar-refractivity contribution in [3.63, 3.8) is 0 Å². The third-order valence-corrected chi connectivity index (χ3v) is 6.44. The van der Waals surface area contributed by atoms with E-state index in [1.165, 1.54) is 6.07 Å². The summed E-state index contributed by atoms with van der Waals surface area (Å²) >= 11 is 12.8. The number of hydrogen-bond donors (Lipinski definition) is 2. The van der Waals surface area contributed by atoms with Crippen LogP contribution in [-0.2, 0) is 20.8 Å². The maximum Gasteiger partial charge on any atom is 0.359 e. The standard InChI is InChI=1S/C19H18Cl2O6/c1-3-19-5-4-10(22)7-11(19)13-9(8-19)6-12(14(20)15(13)21)27-18(2,16(23)24)17(25)26/h6-7H,3-5,8H2,1-2H3,(H,23,24)(H,25,26). The minimum Gasteiger partial charge on any atom is -0.478 e. The number of rotatable bonds is 5. The zero-order valence-corrected chi connectivity index (χ0v) is 16.3. The Hall–Kier alpha value is -2.05. The minimum absolute atomic E-state index is 0.0266. The summed E-state index contributed by atoms with van der Waals surface area (Å²) in [6, 6.07) is 1.54. The number of allylic oxidation sites excluding steroid dienone is 2. The number of ether oxygens (including phenoxy) is 1. The van der Waals surface area contributed by atoms with E-state index in [0.29, 0.717) is 24.8 Å². The second-order valence-corrected chi connectivity index (χ2v) is 7.87. The van der Waals surface area contributed by atoms with Crippen molar-refractivity contribution in [2.24, 2.45) is 5.41 Å². The van der Waals surface area contributed by atoms with Crippen LogP contribution in [0.25, 0.3) is 5.57 Å². The highest BCUT2D eigenvalue weighted by Crippen LogP contribution is 2.57. The first kappa shape index (κ1) is 19.7. The molecule has 0 heterocycles. The van der Waals surface area contributed by atoms with Crippen molar-refractivity contribution in [3.8, 4) is 5.75 Å². The Bertz CT molecular complexity index is 890. The van der Waals surface area contributed by atoms with Gasteiger partial charge in [-0.2, -0.15) is 0 Å². The lowest BCUT2D eigenvalue weighted by Gasteiger charge is -2.32. The molecule has 6 nitrogen and oxygen atoms in total. The van der Waals surface area contributed by atoms with Crippen LogP contribution in [0.1, 0.15) is 44.2 Å². The molecule has 1 aromatic carbocycles. The van der Waals surface area contributed by atoms with Gasteiger partial charge in [0.05, 0.1) is 5.02 Å². The number of halogens is 2. The zero-order valence-electron chi connectivity index (χ0n) is 14.8. The van der Waals surface area contributed by atoms with Crippen molar-refractivity contribution >= 4 is 46.5 Å². The van der Waals surface area contributed by atoms with Crippen LogP contribution in [0.3, 0.4) is 0 Å². The molecule has 0 saturated heterocycles. The van der Waals surface area contributed by atoms with Gasteiger partial charge in [-0.05, 0) is 49.5 Å². The first-order chi connectivity index (χ1) is 12.6. The third kappa shape index (κ3) is 2.91. The highest BCUT2D eigenvalue weighted by Gasteiger charge is 2.47. The van der Waals surface area contributed by atoms with Crippen molar-refractivity contribution in [1.29, 1.82) is 0 Å². The summed E-state index contributed by atoms with van der Waals surface area (Å²) in [4.78, 5) is 34.8. The van der Waals surface area contributed by atoms with E-state index in [-0.39, 0.29) is 27.0 Å². The fourth-order valence-corrected chi connectivity index (χ4v) is 4.32. The Kier molecular flexibility index (Phi) is 4.77. The highest BCUT2D eigenvalue weighted by atomic mass is 35.5. The van der Waals surface area contributed by atoms with Crippen LogP contribution in [0.5, 0.6) is 5.75 Å².